The third-order valence-electron chi connectivity index (χ3n) is 2.97. The number of nitriles is 1. The van der Waals surface area contributed by atoms with Crippen molar-refractivity contribution in [1.82, 2.24) is 4.98 Å². The predicted molar refractivity (Wildman–Crippen MR) is 78.4 cm³/mol. The summed E-state index contributed by atoms with van der Waals surface area (Å²) < 4.78 is 5.72. The van der Waals surface area contributed by atoms with Crippen molar-refractivity contribution in [3.63, 3.8) is 0 Å². The summed E-state index contributed by atoms with van der Waals surface area (Å²) in [6, 6.07) is 15.6. The largest absolute Gasteiger partial charge is 0.472 e. The first-order valence-electron chi connectivity index (χ1n) is 6.59. The molecule has 0 N–H and O–H groups in total. The smallest absolute Gasteiger partial charge is 0.232 e. The number of rotatable bonds is 3. The topological polar surface area (TPSA) is 45.9 Å². The van der Waals surface area contributed by atoms with Gasteiger partial charge in [0.15, 0.2) is 0 Å². The lowest BCUT2D eigenvalue weighted by Gasteiger charge is -2.19. The third-order valence-corrected chi connectivity index (χ3v) is 2.97. The van der Waals surface area contributed by atoms with Crippen LogP contribution in [-0.2, 0) is 12.0 Å². The number of hydrogen-bond acceptors (Lipinski definition) is 3. The zero-order valence-electron chi connectivity index (χ0n) is 12.1. The molecule has 1 aromatic heterocycles. The van der Waals surface area contributed by atoms with Gasteiger partial charge in [0, 0.05) is 11.1 Å². The van der Waals surface area contributed by atoms with Crippen LogP contribution in [0.2, 0.25) is 0 Å². The van der Waals surface area contributed by atoms with Gasteiger partial charge >= 0.3 is 0 Å². The van der Waals surface area contributed by atoms with Gasteiger partial charge in [-0.25, -0.2) is 4.98 Å². The molecule has 0 amide bonds. The van der Waals surface area contributed by atoms with E-state index in [4.69, 9.17) is 10.00 Å². The highest BCUT2D eigenvalue weighted by molar-refractivity contribution is 5.40. The molecular weight excluding hydrogens is 248 g/mol. The second-order valence-corrected chi connectivity index (χ2v) is 5.69. The third kappa shape index (κ3) is 3.36. The Morgan fingerprint density at radius 1 is 1.10 bits per heavy atom. The molecule has 102 valence electrons. The molecule has 0 bridgehead atoms. The highest BCUT2D eigenvalue weighted by Crippen LogP contribution is 2.25. The maximum Gasteiger partial charge on any atom is 0.232 e. The first-order chi connectivity index (χ1) is 9.50. The monoisotopic (exact) mass is 266 g/mol. The molecule has 0 aliphatic heterocycles. The van der Waals surface area contributed by atoms with Gasteiger partial charge in [0.2, 0.25) is 5.88 Å². The standard InChI is InChI=1S/C17H18N2O/c1-17(2,3)15-10-9-14(11-18)16(19-15)20-12-13-7-5-4-6-8-13/h4-10H,12H2,1-3H3. The van der Waals surface area contributed by atoms with Crippen molar-refractivity contribution in [2.75, 3.05) is 0 Å². The van der Waals surface area contributed by atoms with Gasteiger partial charge < -0.3 is 4.74 Å². The molecule has 20 heavy (non-hydrogen) atoms. The molecule has 0 saturated carbocycles. The Balaban J connectivity index is 2.24. The second kappa shape index (κ2) is 5.75. The second-order valence-electron chi connectivity index (χ2n) is 5.69. The summed E-state index contributed by atoms with van der Waals surface area (Å²) in [7, 11) is 0. The Bertz CT molecular complexity index is 622. The van der Waals surface area contributed by atoms with Crippen LogP contribution in [0.15, 0.2) is 42.5 Å². The van der Waals surface area contributed by atoms with Gasteiger partial charge in [-0.05, 0) is 17.7 Å². The predicted octanol–water partition coefficient (Wildman–Crippen LogP) is 3.83. The molecule has 2 rings (SSSR count). The normalized spacial score (nSPS) is 10.9. The van der Waals surface area contributed by atoms with Crippen LogP contribution in [0.1, 0.15) is 37.6 Å². The summed E-state index contributed by atoms with van der Waals surface area (Å²) in [6.45, 7) is 6.67. The molecule has 3 nitrogen and oxygen atoms in total. The maximum atomic E-state index is 9.14. The molecule has 0 aliphatic carbocycles. The fourth-order valence-electron chi connectivity index (χ4n) is 1.78. The van der Waals surface area contributed by atoms with Crippen LogP contribution in [0.25, 0.3) is 0 Å². The van der Waals surface area contributed by atoms with E-state index in [9.17, 15) is 0 Å². The molecule has 0 spiro atoms. The highest BCUT2D eigenvalue weighted by Gasteiger charge is 2.18. The van der Waals surface area contributed by atoms with Crippen LogP contribution in [0.5, 0.6) is 5.88 Å². The molecule has 0 radical (unpaired) electrons. The summed E-state index contributed by atoms with van der Waals surface area (Å²) in [6.07, 6.45) is 0. The molecule has 0 saturated heterocycles. The Labute approximate surface area is 119 Å². The van der Waals surface area contributed by atoms with E-state index < -0.39 is 0 Å². The van der Waals surface area contributed by atoms with E-state index in [1.54, 1.807) is 6.07 Å². The van der Waals surface area contributed by atoms with Crippen molar-refractivity contribution >= 4 is 0 Å². The van der Waals surface area contributed by atoms with Gasteiger partial charge in [-0.3, -0.25) is 0 Å². The summed E-state index contributed by atoms with van der Waals surface area (Å²) in [5, 5.41) is 9.14. The number of hydrogen-bond donors (Lipinski definition) is 0. The molecule has 0 atom stereocenters. The maximum absolute atomic E-state index is 9.14. The number of pyridine rings is 1. The van der Waals surface area contributed by atoms with Crippen molar-refractivity contribution in [3.8, 4) is 11.9 Å². The molecule has 1 heterocycles. The molecule has 0 unspecified atom stereocenters. The minimum atomic E-state index is -0.0706. The zero-order valence-corrected chi connectivity index (χ0v) is 12.1. The van der Waals surface area contributed by atoms with Crippen molar-refractivity contribution in [3.05, 3.63) is 59.3 Å². The minimum absolute atomic E-state index is 0.0706. The van der Waals surface area contributed by atoms with Gasteiger partial charge in [-0.1, -0.05) is 51.1 Å². The first-order valence-corrected chi connectivity index (χ1v) is 6.59. The van der Waals surface area contributed by atoms with Crippen LogP contribution in [-0.4, -0.2) is 4.98 Å². The van der Waals surface area contributed by atoms with Crippen molar-refractivity contribution in [1.29, 1.82) is 5.26 Å². The molecule has 0 aliphatic rings. The number of ether oxygens (including phenoxy) is 1. The number of benzene rings is 1. The van der Waals surface area contributed by atoms with Gasteiger partial charge in [0.05, 0.1) is 0 Å². The Morgan fingerprint density at radius 3 is 2.40 bits per heavy atom. The SMILES string of the molecule is CC(C)(C)c1ccc(C#N)c(OCc2ccccc2)n1. The zero-order chi connectivity index (χ0) is 14.6. The molecule has 1 aromatic carbocycles. The first kappa shape index (κ1) is 14.1. The summed E-state index contributed by atoms with van der Waals surface area (Å²) >= 11 is 0. The van der Waals surface area contributed by atoms with E-state index >= 15 is 0 Å². The highest BCUT2D eigenvalue weighted by atomic mass is 16.5. The lowest BCUT2D eigenvalue weighted by Crippen LogP contribution is -2.14. The molecular formula is C17H18N2O. The van der Waals surface area contributed by atoms with Crippen LogP contribution in [0.4, 0.5) is 0 Å². The van der Waals surface area contributed by atoms with Crippen molar-refractivity contribution < 1.29 is 4.74 Å². The van der Waals surface area contributed by atoms with Gasteiger partial charge in [0.1, 0.15) is 18.2 Å². The van der Waals surface area contributed by atoms with Gasteiger partial charge in [-0.15, -0.1) is 0 Å². The van der Waals surface area contributed by atoms with Crippen molar-refractivity contribution in [2.24, 2.45) is 0 Å². The Kier molecular flexibility index (Phi) is 4.05. The van der Waals surface area contributed by atoms with Crippen LogP contribution in [0, 0.1) is 11.3 Å². The van der Waals surface area contributed by atoms with Crippen LogP contribution >= 0.6 is 0 Å². The Hall–Kier alpha value is -2.34. The van der Waals surface area contributed by atoms with E-state index in [-0.39, 0.29) is 5.41 Å². The number of aromatic nitrogens is 1. The minimum Gasteiger partial charge on any atom is -0.472 e. The van der Waals surface area contributed by atoms with Crippen LogP contribution < -0.4 is 4.74 Å². The van der Waals surface area contributed by atoms with Crippen LogP contribution in [0.3, 0.4) is 0 Å². The summed E-state index contributed by atoms with van der Waals surface area (Å²) in [5.41, 5.74) is 2.37. The fraction of sp³-hybridized carbons (Fsp3) is 0.294. The average Bonchev–Trinajstić information content (AvgIpc) is 2.45. The summed E-state index contributed by atoms with van der Waals surface area (Å²) in [5.74, 6) is 0.406. The van der Waals surface area contributed by atoms with Crippen molar-refractivity contribution in [2.45, 2.75) is 32.8 Å². The fourth-order valence-corrected chi connectivity index (χ4v) is 1.78. The molecule has 2 aromatic rings. The van der Waals surface area contributed by atoms with E-state index in [1.807, 2.05) is 36.4 Å². The lowest BCUT2D eigenvalue weighted by molar-refractivity contribution is 0.290. The van der Waals surface area contributed by atoms with Gasteiger partial charge in [0.25, 0.3) is 0 Å². The lowest BCUT2D eigenvalue weighted by atomic mass is 9.91. The van der Waals surface area contributed by atoms with E-state index in [2.05, 4.69) is 31.8 Å². The van der Waals surface area contributed by atoms with Gasteiger partial charge in [-0.2, -0.15) is 5.26 Å². The average molecular weight is 266 g/mol. The summed E-state index contributed by atoms with van der Waals surface area (Å²) in [4.78, 5) is 4.49. The Morgan fingerprint density at radius 2 is 1.80 bits per heavy atom. The molecule has 0 fully saturated rings. The quantitative estimate of drug-likeness (QED) is 0.848. The van der Waals surface area contributed by atoms with E-state index in [1.165, 1.54) is 0 Å². The number of nitrogens with zero attached hydrogens (tertiary/aromatic N) is 2. The molecule has 3 heteroatoms. The van der Waals surface area contributed by atoms with E-state index in [0.717, 1.165) is 11.3 Å². The van der Waals surface area contributed by atoms with E-state index in [0.29, 0.717) is 18.1 Å².